The molecule has 9 heteroatoms. The first kappa shape index (κ1) is 24.3. The molecule has 1 aliphatic rings. The van der Waals surface area contributed by atoms with Crippen LogP contribution in [0.5, 0.6) is 0 Å². The van der Waals surface area contributed by atoms with E-state index in [2.05, 4.69) is 20.9 Å². The largest absolute Gasteiger partial charge is 0.364 e. The second-order valence-electron chi connectivity index (χ2n) is 8.95. The molecular formula is C28H24N6O2S. The molecule has 5 rings (SSSR count). The predicted octanol–water partition coefficient (Wildman–Crippen LogP) is 3.98. The fourth-order valence-electron chi connectivity index (χ4n) is 4.75. The molecule has 0 bridgehead atoms. The van der Waals surface area contributed by atoms with Crippen molar-refractivity contribution in [2.24, 2.45) is 0 Å². The van der Waals surface area contributed by atoms with Gasteiger partial charge in [0.2, 0.25) is 10.0 Å². The van der Waals surface area contributed by atoms with E-state index in [1.165, 1.54) is 16.4 Å². The molecule has 2 heterocycles. The van der Waals surface area contributed by atoms with Gasteiger partial charge in [-0.15, -0.1) is 0 Å². The predicted molar refractivity (Wildman–Crippen MR) is 139 cm³/mol. The Morgan fingerprint density at radius 2 is 1.76 bits per heavy atom. The van der Waals surface area contributed by atoms with Crippen molar-refractivity contribution in [3.8, 4) is 12.1 Å². The van der Waals surface area contributed by atoms with Gasteiger partial charge in [0.25, 0.3) is 0 Å². The number of nitrogens with one attached hydrogen (secondary N) is 1. The number of H-pyrrole nitrogens is 1. The summed E-state index contributed by atoms with van der Waals surface area (Å²) in [6.07, 6.45) is 3.87. The number of fused-ring (bicyclic) bond motifs is 1. The summed E-state index contributed by atoms with van der Waals surface area (Å²) in [5, 5.41) is 18.9. The summed E-state index contributed by atoms with van der Waals surface area (Å²) in [6.45, 7) is 1.02. The van der Waals surface area contributed by atoms with Gasteiger partial charge in [0, 0.05) is 31.0 Å². The maximum atomic E-state index is 14.1. The van der Waals surface area contributed by atoms with E-state index in [1.54, 1.807) is 36.8 Å². The van der Waals surface area contributed by atoms with Crippen LogP contribution in [0.2, 0.25) is 0 Å². The molecule has 1 aliphatic heterocycles. The number of sulfonamides is 1. The number of hydrogen-bond acceptors (Lipinski definition) is 6. The molecule has 184 valence electrons. The zero-order valence-corrected chi connectivity index (χ0v) is 20.8. The molecule has 1 N–H and O–H groups in total. The third-order valence-corrected chi connectivity index (χ3v) is 8.41. The Morgan fingerprint density at radius 3 is 2.49 bits per heavy atom. The molecule has 37 heavy (non-hydrogen) atoms. The van der Waals surface area contributed by atoms with E-state index >= 15 is 0 Å². The zero-order chi connectivity index (χ0) is 25.8. The second-order valence-corrected chi connectivity index (χ2v) is 10.8. The third kappa shape index (κ3) is 5.10. The van der Waals surface area contributed by atoms with Crippen molar-refractivity contribution in [2.45, 2.75) is 30.4 Å². The lowest BCUT2D eigenvalue weighted by molar-refractivity contribution is 0.318. The van der Waals surface area contributed by atoms with Crippen molar-refractivity contribution < 1.29 is 8.42 Å². The minimum atomic E-state index is -3.98. The average Bonchev–Trinajstić information content (AvgIpc) is 3.39. The fourth-order valence-corrected chi connectivity index (χ4v) is 6.39. The Labute approximate surface area is 216 Å². The lowest BCUT2D eigenvalue weighted by atomic mass is 10.1. The van der Waals surface area contributed by atoms with E-state index in [0.29, 0.717) is 25.1 Å². The summed E-state index contributed by atoms with van der Waals surface area (Å²) in [4.78, 5) is 9.48. The quantitative estimate of drug-likeness (QED) is 0.421. The van der Waals surface area contributed by atoms with Crippen LogP contribution in [0.1, 0.15) is 27.9 Å². The van der Waals surface area contributed by atoms with E-state index in [0.717, 1.165) is 22.5 Å². The van der Waals surface area contributed by atoms with E-state index in [9.17, 15) is 18.9 Å². The Hall–Kier alpha value is -4.44. The van der Waals surface area contributed by atoms with Crippen molar-refractivity contribution >= 4 is 15.7 Å². The number of benzene rings is 3. The summed E-state index contributed by atoms with van der Waals surface area (Å²) in [5.41, 5.74) is 4.27. The molecule has 0 amide bonds. The van der Waals surface area contributed by atoms with Gasteiger partial charge >= 0.3 is 0 Å². The van der Waals surface area contributed by atoms with Crippen LogP contribution < -0.4 is 4.90 Å². The molecule has 0 fully saturated rings. The first-order chi connectivity index (χ1) is 18.0. The number of imidazole rings is 1. The van der Waals surface area contributed by atoms with Crippen LogP contribution >= 0.6 is 0 Å². The van der Waals surface area contributed by atoms with E-state index in [-0.39, 0.29) is 17.0 Å². The molecule has 1 atom stereocenters. The highest BCUT2D eigenvalue weighted by molar-refractivity contribution is 7.89. The molecular weight excluding hydrogens is 484 g/mol. The van der Waals surface area contributed by atoms with Crippen LogP contribution in [0.15, 0.2) is 90.2 Å². The fraction of sp³-hybridized carbons (Fsp3) is 0.179. The van der Waals surface area contributed by atoms with Gasteiger partial charge < -0.3 is 9.88 Å². The van der Waals surface area contributed by atoms with Gasteiger partial charge in [-0.25, -0.2) is 13.4 Å². The first-order valence-electron chi connectivity index (χ1n) is 11.8. The smallest absolute Gasteiger partial charge is 0.243 e. The van der Waals surface area contributed by atoms with Gasteiger partial charge in [-0.2, -0.15) is 14.8 Å². The summed E-state index contributed by atoms with van der Waals surface area (Å²) in [5.74, 6) is 0. The van der Waals surface area contributed by atoms with Gasteiger partial charge in [0.15, 0.2) is 0 Å². The van der Waals surface area contributed by atoms with Crippen LogP contribution in [-0.4, -0.2) is 35.3 Å². The highest BCUT2D eigenvalue weighted by atomic mass is 32.2. The van der Waals surface area contributed by atoms with Crippen LogP contribution in [0.4, 0.5) is 5.69 Å². The maximum Gasteiger partial charge on any atom is 0.243 e. The van der Waals surface area contributed by atoms with Gasteiger partial charge in [-0.3, -0.25) is 0 Å². The first-order valence-corrected chi connectivity index (χ1v) is 13.2. The van der Waals surface area contributed by atoms with Gasteiger partial charge in [0.1, 0.15) is 0 Å². The lowest BCUT2D eigenvalue weighted by Gasteiger charge is -2.32. The molecule has 0 saturated heterocycles. The highest BCUT2D eigenvalue weighted by Gasteiger charge is 2.36. The van der Waals surface area contributed by atoms with Crippen molar-refractivity contribution in [1.29, 1.82) is 10.5 Å². The number of hydrogen-bond donors (Lipinski definition) is 1. The Kier molecular flexibility index (Phi) is 6.74. The standard InChI is InChI=1S/C28H24N6O2S/c29-14-22-7-4-8-27(13-22)37(35,36)34-17-24-11-23(15-30)9-10-28(24)33(18-25-16-31-20-32-25)19-26(34)12-21-5-2-1-3-6-21/h1-11,13,16,20,26H,12,17-19H2,(H,31,32)/t26-/m1/s1. The summed E-state index contributed by atoms with van der Waals surface area (Å²) < 4.78 is 29.7. The molecule has 1 aromatic heterocycles. The summed E-state index contributed by atoms with van der Waals surface area (Å²) in [6, 6.07) is 25.1. The second kappa shape index (κ2) is 10.3. The Morgan fingerprint density at radius 1 is 0.973 bits per heavy atom. The third-order valence-electron chi connectivity index (χ3n) is 6.51. The van der Waals surface area contributed by atoms with E-state index in [1.807, 2.05) is 42.5 Å². The molecule has 0 aliphatic carbocycles. The average molecular weight is 509 g/mol. The number of nitrogens with zero attached hydrogens (tertiary/aromatic N) is 5. The Balaban J connectivity index is 1.64. The molecule has 0 saturated carbocycles. The SMILES string of the molecule is N#Cc1cccc(S(=O)(=O)N2Cc3cc(C#N)ccc3N(Cc3cnc[nH]3)C[C@H]2Cc2ccccc2)c1. The van der Waals surface area contributed by atoms with Crippen LogP contribution in [0.25, 0.3) is 0 Å². The van der Waals surface area contributed by atoms with Crippen molar-refractivity contribution in [2.75, 3.05) is 11.4 Å². The lowest BCUT2D eigenvalue weighted by Crippen LogP contribution is -2.45. The van der Waals surface area contributed by atoms with Gasteiger partial charge in [-0.05, 0) is 53.9 Å². The van der Waals surface area contributed by atoms with Crippen molar-refractivity contribution in [1.82, 2.24) is 14.3 Å². The van der Waals surface area contributed by atoms with Crippen LogP contribution in [0.3, 0.4) is 0 Å². The topological polar surface area (TPSA) is 117 Å². The molecule has 4 aromatic rings. The number of aromatic nitrogens is 2. The molecule has 3 aromatic carbocycles. The monoisotopic (exact) mass is 508 g/mol. The number of anilines is 1. The minimum absolute atomic E-state index is 0.0737. The Bertz CT molecular complexity index is 1590. The van der Waals surface area contributed by atoms with E-state index in [4.69, 9.17) is 0 Å². The highest BCUT2D eigenvalue weighted by Crippen LogP contribution is 2.33. The van der Waals surface area contributed by atoms with Crippen LogP contribution in [-0.2, 0) is 29.5 Å². The molecule has 0 unspecified atom stereocenters. The molecule has 0 spiro atoms. The van der Waals surface area contributed by atoms with Crippen molar-refractivity contribution in [3.63, 3.8) is 0 Å². The maximum absolute atomic E-state index is 14.1. The summed E-state index contributed by atoms with van der Waals surface area (Å²) >= 11 is 0. The minimum Gasteiger partial charge on any atom is -0.364 e. The van der Waals surface area contributed by atoms with Gasteiger partial charge in [-0.1, -0.05) is 36.4 Å². The number of nitriles is 2. The zero-order valence-electron chi connectivity index (χ0n) is 19.9. The molecule has 0 radical (unpaired) electrons. The van der Waals surface area contributed by atoms with Crippen molar-refractivity contribution in [3.05, 3.63) is 113 Å². The number of rotatable bonds is 6. The number of aromatic amines is 1. The normalized spacial score (nSPS) is 15.8. The van der Waals surface area contributed by atoms with E-state index < -0.39 is 16.1 Å². The van der Waals surface area contributed by atoms with Crippen LogP contribution in [0, 0.1) is 22.7 Å². The van der Waals surface area contributed by atoms with Gasteiger partial charge in [0.05, 0.1) is 46.7 Å². The summed E-state index contributed by atoms with van der Waals surface area (Å²) in [7, 11) is -3.98. The molecule has 8 nitrogen and oxygen atoms in total.